The van der Waals surface area contributed by atoms with E-state index in [4.69, 9.17) is 20.8 Å². The zero-order chi connectivity index (χ0) is 25.1. The van der Waals surface area contributed by atoms with Gasteiger partial charge in [0.25, 0.3) is 11.5 Å². The zero-order valence-electron chi connectivity index (χ0n) is 20.1. The number of hydrogen-bond acceptors (Lipinski definition) is 7. The Balaban J connectivity index is 1.79. The molecular formula is C25H29ClN4O5. The van der Waals surface area contributed by atoms with Crippen LogP contribution in [0.1, 0.15) is 27.8 Å². The molecule has 2 aromatic heterocycles. The van der Waals surface area contributed by atoms with Crippen LogP contribution < -0.4 is 10.5 Å². The van der Waals surface area contributed by atoms with Crippen LogP contribution in [0.5, 0.6) is 0 Å². The van der Waals surface area contributed by atoms with Crippen LogP contribution in [-0.2, 0) is 11.3 Å². The van der Waals surface area contributed by atoms with Crippen LogP contribution in [0.4, 0.5) is 5.69 Å². The van der Waals surface area contributed by atoms with E-state index in [1.54, 1.807) is 40.7 Å². The van der Waals surface area contributed by atoms with E-state index < -0.39 is 11.5 Å². The number of rotatable bonds is 7. The predicted octanol–water partition coefficient (Wildman–Crippen LogP) is 2.95. The summed E-state index contributed by atoms with van der Waals surface area (Å²) in [7, 11) is 3.85. The third-order valence-electron chi connectivity index (χ3n) is 6.07. The molecular weight excluding hydrogens is 472 g/mol. The molecule has 3 heterocycles. The van der Waals surface area contributed by atoms with E-state index in [-0.39, 0.29) is 23.8 Å². The molecule has 0 unspecified atom stereocenters. The number of benzene rings is 1. The van der Waals surface area contributed by atoms with Crippen molar-refractivity contribution in [3.63, 3.8) is 0 Å². The molecule has 1 amide bonds. The van der Waals surface area contributed by atoms with E-state index >= 15 is 0 Å². The van der Waals surface area contributed by atoms with Crippen LogP contribution in [0, 0.1) is 0 Å². The summed E-state index contributed by atoms with van der Waals surface area (Å²) in [5.41, 5.74) is 0.783. The van der Waals surface area contributed by atoms with E-state index in [9.17, 15) is 14.4 Å². The number of fused-ring (bicyclic) bond motifs is 1. The first kappa shape index (κ1) is 24.8. The fourth-order valence-corrected chi connectivity index (χ4v) is 4.51. The van der Waals surface area contributed by atoms with Crippen LogP contribution in [0.3, 0.4) is 0 Å². The maximum atomic E-state index is 13.7. The quantitative estimate of drug-likeness (QED) is 0.461. The van der Waals surface area contributed by atoms with Gasteiger partial charge in [-0.05, 0) is 51.4 Å². The second-order valence-electron chi connectivity index (χ2n) is 8.62. The second kappa shape index (κ2) is 10.5. The second-order valence-corrected chi connectivity index (χ2v) is 9.06. The number of furan rings is 1. The third-order valence-corrected chi connectivity index (χ3v) is 6.30. The van der Waals surface area contributed by atoms with Crippen molar-refractivity contribution in [3.05, 3.63) is 63.3 Å². The Morgan fingerprint density at radius 3 is 2.51 bits per heavy atom. The van der Waals surface area contributed by atoms with Crippen molar-refractivity contribution < 1.29 is 18.7 Å². The number of hydrogen-bond donors (Lipinski definition) is 0. The Morgan fingerprint density at radius 2 is 1.89 bits per heavy atom. The van der Waals surface area contributed by atoms with Crippen molar-refractivity contribution in [3.8, 4) is 0 Å². The molecule has 1 aromatic carbocycles. The van der Waals surface area contributed by atoms with Crippen molar-refractivity contribution in [2.24, 2.45) is 0 Å². The van der Waals surface area contributed by atoms with Crippen LogP contribution in [0.25, 0.3) is 10.9 Å². The van der Waals surface area contributed by atoms with E-state index in [1.807, 2.05) is 30.0 Å². The minimum absolute atomic E-state index is 0.00816. The molecule has 0 spiro atoms. The van der Waals surface area contributed by atoms with Gasteiger partial charge in [0.05, 0.1) is 24.1 Å². The molecule has 0 radical (unpaired) electrons. The summed E-state index contributed by atoms with van der Waals surface area (Å²) in [6.07, 6.45) is 1.47. The number of piperazine rings is 1. The number of amides is 1. The molecule has 35 heavy (non-hydrogen) atoms. The van der Waals surface area contributed by atoms with Gasteiger partial charge in [-0.1, -0.05) is 11.6 Å². The van der Waals surface area contributed by atoms with Gasteiger partial charge >= 0.3 is 5.97 Å². The standard InChI is InChI=1S/C25H29ClN4O5/c1-4-34-25(33)21-22(28-10-12-29(13-11-28)23(31)20-6-5-15-35-20)18-16-17(26)7-8-19(18)30(24(21)32)14-9-27(2)3/h5-8,15-16H,4,9-14H2,1-3H3. The van der Waals surface area contributed by atoms with Gasteiger partial charge in [-0.2, -0.15) is 0 Å². The van der Waals surface area contributed by atoms with Gasteiger partial charge in [-0.3, -0.25) is 9.59 Å². The number of carbonyl (C=O) groups is 2. The Morgan fingerprint density at radius 1 is 1.14 bits per heavy atom. The van der Waals surface area contributed by atoms with Crippen molar-refractivity contribution in [2.75, 3.05) is 58.3 Å². The van der Waals surface area contributed by atoms with Crippen molar-refractivity contribution in [2.45, 2.75) is 13.5 Å². The number of pyridine rings is 1. The van der Waals surface area contributed by atoms with Crippen molar-refractivity contribution in [1.29, 1.82) is 0 Å². The van der Waals surface area contributed by atoms with Gasteiger partial charge in [0.15, 0.2) is 5.76 Å². The predicted molar refractivity (Wildman–Crippen MR) is 135 cm³/mol. The topological polar surface area (TPSA) is 88.2 Å². The number of ether oxygens (including phenoxy) is 1. The third kappa shape index (κ3) is 5.06. The highest BCUT2D eigenvalue weighted by molar-refractivity contribution is 6.31. The Hall–Kier alpha value is -3.30. The number of carbonyl (C=O) groups excluding carboxylic acids is 2. The molecule has 9 nitrogen and oxygen atoms in total. The maximum Gasteiger partial charge on any atom is 0.345 e. The lowest BCUT2D eigenvalue weighted by Gasteiger charge is -2.37. The number of aromatic nitrogens is 1. The van der Waals surface area contributed by atoms with Crippen molar-refractivity contribution >= 4 is 40.1 Å². The van der Waals surface area contributed by atoms with E-state index in [0.29, 0.717) is 60.9 Å². The monoisotopic (exact) mass is 500 g/mol. The first-order valence-corrected chi connectivity index (χ1v) is 11.9. The lowest BCUT2D eigenvalue weighted by Crippen LogP contribution is -2.49. The van der Waals surface area contributed by atoms with E-state index in [0.717, 1.165) is 0 Å². The first-order valence-electron chi connectivity index (χ1n) is 11.6. The molecule has 4 rings (SSSR count). The normalized spacial score (nSPS) is 14.1. The van der Waals surface area contributed by atoms with Crippen LogP contribution in [-0.4, -0.2) is 79.7 Å². The minimum atomic E-state index is -0.665. The summed E-state index contributed by atoms with van der Waals surface area (Å²) >= 11 is 6.37. The summed E-state index contributed by atoms with van der Waals surface area (Å²) in [6.45, 7) is 4.56. The van der Waals surface area contributed by atoms with E-state index in [1.165, 1.54) is 6.26 Å². The van der Waals surface area contributed by atoms with Gasteiger partial charge in [-0.15, -0.1) is 0 Å². The summed E-state index contributed by atoms with van der Waals surface area (Å²) < 4.78 is 12.2. The Bertz CT molecular complexity index is 1280. The fraction of sp³-hybridized carbons (Fsp3) is 0.400. The van der Waals surface area contributed by atoms with Gasteiger partial charge in [0, 0.05) is 49.7 Å². The molecule has 0 saturated carbocycles. The number of anilines is 1. The lowest BCUT2D eigenvalue weighted by atomic mass is 10.1. The van der Waals surface area contributed by atoms with Gasteiger partial charge in [0.1, 0.15) is 5.56 Å². The molecule has 0 bridgehead atoms. The molecule has 1 saturated heterocycles. The molecule has 0 aliphatic carbocycles. The van der Waals surface area contributed by atoms with Crippen LogP contribution >= 0.6 is 11.6 Å². The maximum absolute atomic E-state index is 13.7. The van der Waals surface area contributed by atoms with Crippen LogP contribution in [0.2, 0.25) is 5.02 Å². The molecule has 1 aliphatic rings. The molecule has 0 N–H and O–H groups in total. The zero-order valence-corrected chi connectivity index (χ0v) is 20.9. The number of halogens is 1. The molecule has 1 aliphatic heterocycles. The summed E-state index contributed by atoms with van der Waals surface area (Å²) in [5.74, 6) is -0.569. The lowest BCUT2D eigenvalue weighted by molar-refractivity contribution is 0.0523. The minimum Gasteiger partial charge on any atom is -0.462 e. The van der Waals surface area contributed by atoms with Gasteiger partial charge in [-0.25, -0.2) is 4.79 Å². The number of esters is 1. The van der Waals surface area contributed by atoms with Gasteiger partial charge in [0.2, 0.25) is 0 Å². The summed E-state index contributed by atoms with van der Waals surface area (Å²) in [5, 5.41) is 1.20. The van der Waals surface area contributed by atoms with Crippen LogP contribution in [0.15, 0.2) is 45.8 Å². The number of likely N-dealkylation sites (N-methyl/N-ethyl adjacent to an activating group) is 1. The fourth-order valence-electron chi connectivity index (χ4n) is 4.34. The molecule has 0 atom stereocenters. The molecule has 186 valence electrons. The van der Waals surface area contributed by atoms with Gasteiger partial charge < -0.3 is 28.4 Å². The highest BCUT2D eigenvalue weighted by atomic mass is 35.5. The first-order chi connectivity index (χ1) is 16.8. The Kier molecular flexibility index (Phi) is 7.47. The van der Waals surface area contributed by atoms with E-state index in [2.05, 4.69) is 0 Å². The average Bonchev–Trinajstić information content (AvgIpc) is 3.37. The largest absolute Gasteiger partial charge is 0.462 e. The molecule has 1 fully saturated rings. The highest BCUT2D eigenvalue weighted by Gasteiger charge is 2.31. The Labute approximate surface area is 208 Å². The molecule has 10 heteroatoms. The molecule has 3 aromatic rings. The SMILES string of the molecule is CCOC(=O)c1c(N2CCN(C(=O)c3ccco3)CC2)c2cc(Cl)ccc2n(CCN(C)C)c1=O. The summed E-state index contributed by atoms with van der Waals surface area (Å²) in [4.78, 5) is 45.1. The summed E-state index contributed by atoms with van der Waals surface area (Å²) in [6, 6.07) is 8.64. The van der Waals surface area contributed by atoms with Crippen molar-refractivity contribution in [1.82, 2.24) is 14.4 Å². The average molecular weight is 501 g/mol. The highest BCUT2D eigenvalue weighted by Crippen LogP contribution is 2.32. The smallest absolute Gasteiger partial charge is 0.345 e. The number of nitrogens with zero attached hydrogens (tertiary/aromatic N) is 4.